The normalized spacial score (nSPS) is 10.4. The molecule has 0 bridgehead atoms. The molecule has 6 nitrogen and oxygen atoms in total. The molecule has 27 heavy (non-hydrogen) atoms. The van der Waals surface area contributed by atoms with Crippen molar-refractivity contribution in [1.82, 2.24) is 0 Å². The second-order valence-corrected chi connectivity index (χ2v) is 6.24. The minimum absolute atomic E-state index is 0.0201. The lowest BCUT2D eigenvalue weighted by Gasteiger charge is -2.06. The molecule has 0 saturated carbocycles. The maximum absolute atomic E-state index is 12.3. The third-order valence-corrected chi connectivity index (χ3v) is 4.25. The Hall–Kier alpha value is -3.30. The van der Waals surface area contributed by atoms with Crippen molar-refractivity contribution < 1.29 is 18.7 Å². The Bertz CT molecular complexity index is 1050. The summed E-state index contributed by atoms with van der Waals surface area (Å²) in [5.41, 5.74) is 2.40. The first kappa shape index (κ1) is 18.5. The zero-order valence-electron chi connectivity index (χ0n) is 14.4. The number of aryl methyl sites for hydroxylation is 1. The van der Waals surface area contributed by atoms with E-state index < -0.39 is 18.5 Å². The number of amides is 1. The van der Waals surface area contributed by atoms with E-state index in [1.54, 1.807) is 49.4 Å². The van der Waals surface area contributed by atoms with Gasteiger partial charge in [0, 0.05) is 16.6 Å². The number of benzene rings is 2. The van der Waals surface area contributed by atoms with E-state index in [1.165, 1.54) is 0 Å². The predicted molar refractivity (Wildman–Crippen MR) is 101 cm³/mol. The molecule has 0 unspecified atom stereocenters. The van der Waals surface area contributed by atoms with Crippen LogP contribution in [-0.4, -0.2) is 18.5 Å². The molecule has 3 aromatic rings. The number of para-hydroxylation sites is 1. The molecule has 0 aliphatic carbocycles. The summed E-state index contributed by atoms with van der Waals surface area (Å²) < 4.78 is 10.6. The number of anilines is 1. The summed E-state index contributed by atoms with van der Waals surface area (Å²) in [5.74, 6) is -1.20. The molecule has 7 heteroatoms. The van der Waals surface area contributed by atoms with Crippen molar-refractivity contribution in [1.29, 1.82) is 5.26 Å². The minimum Gasteiger partial charge on any atom is -0.450 e. The third-order valence-electron chi connectivity index (χ3n) is 3.96. The largest absolute Gasteiger partial charge is 0.450 e. The zero-order chi connectivity index (χ0) is 19.4. The van der Waals surface area contributed by atoms with E-state index in [0.717, 1.165) is 10.9 Å². The molecule has 3 rings (SSSR count). The van der Waals surface area contributed by atoms with Crippen LogP contribution in [-0.2, 0) is 16.0 Å². The second kappa shape index (κ2) is 7.94. The van der Waals surface area contributed by atoms with Gasteiger partial charge < -0.3 is 14.5 Å². The molecular formula is C20H15ClN2O4. The summed E-state index contributed by atoms with van der Waals surface area (Å²) in [6.45, 7) is 1.27. The maximum Gasteiger partial charge on any atom is 0.375 e. The van der Waals surface area contributed by atoms with E-state index in [2.05, 4.69) is 5.32 Å². The van der Waals surface area contributed by atoms with E-state index in [9.17, 15) is 9.59 Å². The first-order chi connectivity index (χ1) is 13.0. The number of nitriles is 1. The van der Waals surface area contributed by atoms with Crippen LogP contribution in [0.15, 0.2) is 46.9 Å². The number of hydrogen-bond donors (Lipinski definition) is 1. The molecule has 136 valence electrons. The Balaban J connectivity index is 1.62. The van der Waals surface area contributed by atoms with Gasteiger partial charge in [-0.25, -0.2) is 4.79 Å². The quantitative estimate of drug-likeness (QED) is 0.665. The summed E-state index contributed by atoms with van der Waals surface area (Å²) in [4.78, 5) is 24.2. The van der Waals surface area contributed by atoms with E-state index >= 15 is 0 Å². The number of furan rings is 1. The standard InChI is InChI=1S/C20H15ClN2O4/c1-12-15-3-2-4-16(21)19(15)27-18(12)20(25)26-11-17(24)23-14-7-5-13(6-8-14)9-10-22/h2-8H,9,11H2,1H3,(H,23,24). The van der Waals surface area contributed by atoms with Crippen LogP contribution >= 0.6 is 11.6 Å². The number of fused-ring (bicyclic) bond motifs is 1. The Morgan fingerprint density at radius 2 is 1.96 bits per heavy atom. The van der Waals surface area contributed by atoms with Gasteiger partial charge in [0.1, 0.15) is 0 Å². The van der Waals surface area contributed by atoms with Crippen LogP contribution in [0.5, 0.6) is 0 Å². The summed E-state index contributed by atoms with van der Waals surface area (Å²) in [7, 11) is 0. The van der Waals surface area contributed by atoms with Crippen LogP contribution < -0.4 is 5.32 Å². The molecule has 1 amide bonds. The van der Waals surface area contributed by atoms with E-state index in [4.69, 9.17) is 26.0 Å². The Labute approximate surface area is 160 Å². The highest BCUT2D eigenvalue weighted by atomic mass is 35.5. The fourth-order valence-corrected chi connectivity index (χ4v) is 2.81. The fourth-order valence-electron chi connectivity index (χ4n) is 2.59. The number of halogens is 1. The number of carbonyl (C=O) groups is 2. The van der Waals surface area contributed by atoms with Crippen LogP contribution in [0.25, 0.3) is 11.0 Å². The zero-order valence-corrected chi connectivity index (χ0v) is 15.2. The molecular weight excluding hydrogens is 368 g/mol. The van der Waals surface area contributed by atoms with Crippen molar-refractivity contribution in [2.45, 2.75) is 13.3 Å². The monoisotopic (exact) mass is 382 g/mol. The van der Waals surface area contributed by atoms with Crippen molar-refractivity contribution >= 4 is 40.1 Å². The fraction of sp³-hybridized carbons (Fsp3) is 0.150. The van der Waals surface area contributed by atoms with Crippen molar-refractivity contribution in [3.63, 3.8) is 0 Å². The molecule has 1 aromatic heterocycles. The van der Waals surface area contributed by atoms with Crippen LogP contribution in [0.3, 0.4) is 0 Å². The molecule has 0 aliphatic heterocycles. The van der Waals surface area contributed by atoms with Gasteiger partial charge >= 0.3 is 5.97 Å². The Kier molecular flexibility index (Phi) is 5.43. The Morgan fingerprint density at radius 3 is 2.63 bits per heavy atom. The molecule has 0 saturated heterocycles. The number of esters is 1. The van der Waals surface area contributed by atoms with Gasteiger partial charge in [-0.2, -0.15) is 5.26 Å². The summed E-state index contributed by atoms with van der Waals surface area (Å²) >= 11 is 6.07. The number of nitrogens with one attached hydrogen (secondary N) is 1. The highest BCUT2D eigenvalue weighted by Crippen LogP contribution is 2.30. The van der Waals surface area contributed by atoms with Crippen molar-refractivity contribution in [3.8, 4) is 6.07 Å². The van der Waals surface area contributed by atoms with Crippen molar-refractivity contribution in [3.05, 3.63) is 64.4 Å². The van der Waals surface area contributed by atoms with Crippen LogP contribution in [0.1, 0.15) is 21.7 Å². The third kappa shape index (κ3) is 4.10. The lowest BCUT2D eigenvalue weighted by atomic mass is 10.1. The number of nitrogens with zero attached hydrogens (tertiary/aromatic N) is 1. The van der Waals surface area contributed by atoms with E-state index in [0.29, 0.717) is 28.3 Å². The van der Waals surface area contributed by atoms with Crippen LogP contribution in [0, 0.1) is 18.3 Å². The van der Waals surface area contributed by atoms with Gasteiger partial charge in [-0.05, 0) is 30.7 Å². The summed E-state index contributed by atoms with van der Waals surface area (Å²) in [6.07, 6.45) is 0.298. The number of rotatable bonds is 5. The van der Waals surface area contributed by atoms with Gasteiger partial charge in [-0.15, -0.1) is 0 Å². The van der Waals surface area contributed by atoms with Crippen molar-refractivity contribution in [2.75, 3.05) is 11.9 Å². The van der Waals surface area contributed by atoms with Gasteiger partial charge in [0.05, 0.1) is 17.5 Å². The average molecular weight is 383 g/mol. The van der Waals surface area contributed by atoms with Gasteiger partial charge in [0.25, 0.3) is 5.91 Å². The molecule has 0 fully saturated rings. The first-order valence-corrected chi connectivity index (χ1v) is 8.48. The lowest BCUT2D eigenvalue weighted by Crippen LogP contribution is -2.21. The van der Waals surface area contributed by atoms with Crippen LogP contribution in [0.2, 0.25) is 5.02 Å². The predicted octanol–water partition coefficient (Wildman–Crippen LogP) is 4.26. The number of hydrogen-bond acceptors (Lipinski definition) is 5. The molecule has 0 atom stereocenters. The first-order valence-electron chi connectivity index (χ1n) is 8.10. The number of ether oxygens (including phenoxy) is 1. The second-order valence-electron chi connectivity index (χ2n) is 5.83. The summed E-state index contributed by atoms with van der Waals surface area (Å²) in [5, 5.41) is 12.4. The molecule has 0 radical (unpaired) electrons. The smallest absolute Gasteiger partial charge is 0.375 e. The molecule has 0 aliphatic rings. The van der Waals surface area contributed by atoms with Gasteiger partial charge in [0.2, 0.25) is 5.76 Å². The highest BCUT2D eigenvalue weighted by Gasteiger charge is 2.21. The highest BCUT2D eigenvalue weighted by molar-refractivity contribution is 6.35. The topological polar surface area (TPSA) is 92.3 Å². The summed E-state index contributed by atoms with van der Waals surface area (Å²) in [6, 6.07) is 14.1. The van der Waals surface area contributed by atoms with E-state index in [1.807, 2.05) is 6.07 Å². The Morgan fingerprint density at radius 1 is 1.22 bits per heavy atom. The molecule has 2 aromatic carbocycles. The van der Waals surface area contributed by atoms with Gasteiger partial charge in [-0.1, -0.05) is 35.9 Å². The number of carbonyl (C=O) groups excluding carboxylic acids is 2. The molecule has 1 N–H and O–H groups in total. The SMILES string of the molecule is Cc1c(C(=O)OCC(=O)Nc2ccc(CC#N)cc2)oc2c(Cl)cccc12. The van der Waals surface area contributed by atoms with E-state index in [-0.39, 0.29) is 5.76 Å². The lowest BCUT2D eigenvalue weighted by molar-refractivity contribution is -0.119. The maximum atomic E-state index is 12.3. The average Bonchev–Trinajstić information content (AvgIpc) is 3.00. The van der Waals surface area contributed by atoms with Gasteiger partial charge in [0.15, 0.2) is 12.2 Å². The van der Waals surface area contributed by atoms with Gasteiger partial charge in [-0.3, -0.25) is 4.79 Å². The minimum atomic E-state index is -0.737. The molecule has 0 spiro atoms. The molecule has 1 heterocycles. The van der Waals surface area contributed by atoms with Crippen molar-refractivity contribution in [2.24, 2.45) is 0 Å². The van der Waals surface area contributed by atoms with Crippen LogP contribution in [0.4, 0.5) is 5.69 Å².